The third kappa shape index (κ3) is 10.6. The molecule has 1 aliphatic heterocycles. The molecule has 0 amide bonds. The van der Waals surface area contributed by atoms with Crippen LogP contribution in [0.25, 0.3) is 0 Å². The smallest absolute Gasteiger partial charge is 0.314 e. The van der Waals surface area contributed by atoms with E-state index >= 15 is 0 Å². The van der Waals surface area contributed by atoms with Crippen molar-refractivity contribution in [2.45, 2.75) is 167 Å². The Bertz CT molecular complexity index is 1480. The monoisotopic (exact) mass is 750 g/mol. The van der Waals surface area contributed by atoms with E-state index in [4.69, 9.17) is 23.4 Å². The van der Waals surface area contributed by atoms with E-state index in [2.05, 4.69) is 72.0 Å². The Kier molecular flexibility index (Phi) is 15.8. The Morgan fingerprint density at radius 2 is 1.23 bits per heavy atom. The number of fused-ring (bicyclic) bond motifs is 3. The van der Waals surface area contributed by atoms with Crippen molar-refractivity contribution in [1.29, 1.82) is 0 Å². The zero-order valence-corrected chi connectivity index (χ0v) is 35.8. The first kappa shape index (κ1) is 42.7. The summed E-state index contributed by atoms with van der Waals surface area (Å²) in [5.41, 5.74) is 4.67. The summed E-state index contributed by atoms with van der Waals surface area (Å²) in [6, 6.07) is 8.62. The van der Waals surface area contributed by atoms with Gasteiger partial charge in [0.25, 0.3) is 0 Å². The van der Waals surface area contributed by atoms with Crippen LogP contribution >= 0.6 is 0 Å². The summed E-state index contributed by atoms with van der Waals surface area (Å²) in [5.74, 6) is 3.54. The van der Waals surface area contributed by atoms with Crippen LogP contribution in [0.2, 0.25) is 18.1 Å². The molecule has 2 fully saturated rings. The molecule has 0 bridgehead atoms. The summed E-state index contributed by atoms with van der Waals surface area (Å²) in [6.07, 6.45) is 17.5. The number of methoxy groups -OCH3 is 3. The predicted octanol–water partition coefficient (Wildman–Crippen LogP) is 11.9. The van der Waals surface area contributed by atoms with Gasteiger partial charge in [-0.1, -0.05) is 86.0 Å². The van der Waals surface area contributed by atoms with E-state index in [-0.39, 0.29) is 40.6 Å². The first-order chi connectivity index (χ1) is 25.3. The number of esters is 2. The first-order valence-electron chi connectivity index (χ1n) is 20.7. The lowest BCUT2D eigenvalue weighted by atomic mass is 9.73. The standard InChI is InChI=1S/C24H38O3Si.C21H32O4/c1-7-8-9-12-17-15-20-22(18-13-10-11-14-19(18)23(25)26-20)21(16-17)27-28(5,6)24(2,3)4;1-5-6-7-10-15-13-18(23-2)20(19(14-15)24-3)16-11-8-9-12-17(16)21(22)25-4/h15-16,18-19H,7-14H2,1-6H3;13-14,16-17H,5-12H2,1-4H3/t18?,19-;/m0./s1. The highest BCUT2D eigenvalue weighted by atomic mass is 28.4. The molecule has 5 rings (SSSR count). The molecule has 53 heavy (non-hydrogen) atoms. The molecule has 4 atom stereocenters. The Hall–Kier alpha value is -3.00. The van der Waals surface area contributed by atoms with E-state index in [1.807, 2.05) is 0 Å². The zero-order valence-electron chi connectivity index (χ0n) is 34.8. The summed E-state index contributed by atoms with van der Waals surface area (Å²) < 4.78 is 29.2. The van der Waals surface area contributed by atoms with Crippen molar-refractivity contribution in [3.63, 3.8) is 0 Å². The normalized spacial score (nSPS) is 21.3. The molecule has 0 N–H and O–H groups in total. The van der Waals surface area contributed by atoms with Crippen molar-refractivity contribution in [3.05, 3.63) is 46.5 Å². The van der Waals surface area contributed by atoms with Gasteiger partial charge in [0.05, 0.1) is 33.2 Å². The number of aryl methyl sites for hydroxylation is 2. The van der Waals surface area contributed by atoms with Crippen molar-refractivity contribution >= 4 is 20.3 Å². The molecule has 2 aromatic rings. The highest BCUT2D eigenvalue weighted by Crippen LogP contribution is 2.52. The topological polar surface area (TPSA) is 80.3 Å². The van der Waals surface area contributed by atoms with E-state index in [1.54, 1.807) is 14.2 Å². The number of carbonyl (C=O) groups excluding carboxylic acids is 2. The number of rotatable bonds is 14. The second kappa shape index (κ2) is 19.5. The summed E-state index contributed by atoms with van der Waals surface area (Å²) in [4.78, 5) is 25.0. The maximum atomic E-state index is 12.7. The fourth-order valence-corrected chi connectivity index (χ4v) is 9.30. The van der Waals surface area contributed by atoms with Gasteiger partial charge >= 0.3 is 11.9 Å². The minimum absolute atomic E-state index is 0.00829. The second-order valence-electron chi connectivity index (χ2n) is 17.1. The number of hydrogen-bond donors (Lipinski definition) is 0. The van der Waals surface area contributed by atoms with Gasteiger partial charge in [-0.05, 0) is 105 Å². The van der Waals surface area contributed by atoms with Gasteiger partial charge in [0, 0.05) is 23.0 Å². The van der Waals surface area contributed by atoms with Crippen LogP contribution in [0.1, 0.15) is 159 Å². The van der Waals surface area contributed by atoms with Crippen LogP contribution in [0.3, 0.4) is 0 Å². The molecule has 0 spiro atoms. The summed E-state index contributed by atoms with van der Waals surface area (Å²) >= 11 is 0. The molecule has 0 saturated heterocycles. The third-order valence-electron chi connectivity index (χ3n) is 12.4. The lowest BCUT2D eigenvalue weighted by Crippen LogP contribution is -2.44. The van der Waals surface area contributed by atoms with E-state index in [9.17, 15) is 9.59 Å². The number of benzene rings is 2. The molecule has 1 heterocycles. The largest absolute Gasteiger partial charge is 0.543 e. The SMILES string of the molecule is CCCCCc1cc(OC)c(C2CCCCC2C(=O)OC)c(OC)c1.CCCCCc1cc2c(c(O[Si](C)(C)C(C)(C)C)c1)C1CCCC[C@@H]1C(=O)O2. The van der Waals surface area contributed by atoms with Crippen molar-refractivity contribution in [1.82, 2.24) is 0 Å². The molecule has 2 aliphatic carbocycles. The summed E-state index contributed by atoms with van der Waals surface area (Å²) in [7, 11) is 2.89. The summed E-state index contributed by atoms with van der Waals surface area (Å²) in [5, 5.41) is 0.134. The van der Waals surface area contributed by atoms with Gasteiger partial charge in [-0.2, -0.15) is 0 Å². The number of unbranched alkanes of at least 4 members (excludes halogenated alkanes) is 4. The maximum Gasteiger partial charge on any atom is 0.314 e. The van der Waals surface area contributed by atoms with Gasteiger partial charge in [0.1, 0.15) is 23.0 Å². The molecule has 0 radical (unpaired) electrons. The number of carbonyl (C=O) groups is 2. The lowest BCUT2D eigenvalue weighted by molar-refractivity contribution is -0.147. The lowest BCUT2D eigenvalue weighted by Gasteiger charge is -2.40. The van der Waals surface area contributed by atoms with Gasteiger partial charge < -0.3 is 23.4 Å². The van der Waals surface area contributed by atoms with Gasteiger partial charge in [-0.15, -0.1) is 0 Å². The molecule has 2 aromatic carbocycles. The number of ether oxygens (including phenoxy) is 4. The van der Waals surface area contributed by atoms with Crippen LogP contribution in [0.15, 0.2) is 24.3 Å². The van der Waals surface area contributed by atoms with Crippen molar-refractivity contribution in [3.8, 4) is 23.0 Å². The Balaban J connectivity index is 0.000000238. The quantitative estimate of drug-likeness (QED) is 0.0823. The Morgan fingerprint density at radius 3 is 1.75 bits per heavy atom. The molecule has 296 valence electrons. The van der Waals surface area contributed by atoms with Crippen LogP contribution < -0.4 is 18.6 Å². The molecule has 8 heteroatoms. The van der Waals surface area contributed by atoms with E-state index < -0.39 is 8.32 Å². The average molecular weight is 751 g/mol. The second-order valence-corrected chi connectivity index (χ2v) is 21.9. The van der Waals surface area contributed by atoms with E-state index in [1.165, 1.54) is 55.9 Å². The zero-order chi connectivity index (χ0) is 38.8. The fourth-order valence-electron chi connectivity index (χ4n) is 8.28. The van der Waals surface area contributed by atoms with E-state index in [0.717, 1.165) is 99.2 Å². The number of hydrogen-bond acceptors (Lipinski definition) is 7. The highest BCUT2D eigenvalue weighted by Gasteiger charge is 2.44. The minimum atomic E-state index is -1.98. The van der Waals surface area contributed by atoms with Gasteiger partial charge in [0.2, 0.25) is 8.32 Å². The maximum absolute atomic E-state index is 12.7. The molecule has 3 unspecified atom stereocenters. The average Bonchev–Trinajstić information content (AvgIpc) is 3.14. The van der Waals surface area contributed by atoms with Crippen LogP contribution in [0.5, 0.6) is 23.0 Å². The van der Waals surface area contributed by atoms with Crippen LogP contribution in [-0.4, -0.2) is 41.6 Å². The minimum Gasteiger partial charge on any atom is -0.543 e. The molecule has 3 aliphatic rings. The van der Waals surface area contributed by atoms with Gasteiger partial charge in [-0.3, -0.25) is 9.59 Å². The Morgan fingerprint density at radius 1 is 0.717 bits per heavy atom. The molecular weight excluding hydrogens is 681 g/mol. The van der Waals surface area contributed by atoms with Crippen LogP contribution in [0, 0.1) is 11.8 Å². The van der Waals surface area contributed by atoms with Gasteiger partial charge in [-0.25, -0.2) is 0 Å². The summed E-state index contributed by atoms with van der Waals surface area (Å²) in [6.45, 7) is 15.9. The molecule has 0 aromatic heterocycles. The fraction of sp³-hybridized carbons (Fsp3) is 0.689. The van der Waals surface area contributed by atoms with Crippen molar-refractivity contribution in [2.75, 3.05) is 21.3 Å². The van der Waals surface area contributed by atoms with Crippen LogP contribution in [0.4, 0.5) is 0 Å². The van der Waals surface area contributed by atoms with Crippen molar-refractivity contribution in [2.24, 2.45) is 11.8 Å². The third-order valence-corrected chi connectivity index (χ3v) is 16.7. The van der Waals surface area contributed by atoms with Crippen molar-refractivity contribution < 1.29 is 33.0 Å². The first-order valence-corrected chi connectivity index (χ1v) is 23.6. The Labute approximate surface area is 322 Å². The molecule has 7 nitrogen and oxygen atoms in total. The van der Waals surface area contributed by atoms with Crippen LogP contribution in [-0.2, 0) is 27.2 Å². The molecular formula is C45H70O7Si. The highest BCUT2D eigenvalue weighted by molar-refractivity contribution is 6.74. The van der Waals surface area contributed by atoms with Gasteiger partial charge in [0.15, 0.2) is 0 Å². The molecule has 2 saturated carbocycles. The van der Waals surface area contributed by atoms with E-state index in [0.29, 0.717) is 0 Å². The predicted molar refractivity (Wildman–Crippen MR) is 217 cm³/mol.